The molecule has 0 aliphatic heterocycles. The third-order valence-electron chi connectivity index (χ3n) is 2.78. The molecule has 0 saturated carbocycles. The van der Waals surface area contributed by atoms with E-state index in [0.29, 0.717) is 5.75 Å². The predicted molar refractivity (Wildman–Crippen MR) is 79.4 cm³/mol. The normalized spacial score (nSPS) is 12.6. The molecule has 96 valence electrons. The summed E-state index contributed by atoms with van der Waals surface area (Å²) >= 11 is 1.75. The summed E-state index contributed by atoms with van der Waals surface area (Å²) in [6.45, 7) is 4.09. The van der Waals surface area contributed by atoms with Crippen LogP contribution in [0.2, 0.25) is 0 Å². The summed E-state index contributed by atoms with van der Waals surface area (Å²) in [6.07, 6.45) is 1.04. The Kier molecular flexibility index (Phi) is 4.19. The SMILES string of the molecule is CCc1ccc(CS(=O)c2ccc(N)cc2C)s1. The molecule has 1 atom stereocenters. The Balaban J connectivity index is 2.16. The molecule has 0 fully saturated rings. The minimum Gasteiger partial charge on any atom is -0.399 e. The van der Waals surface area contributed by atoms with Crippen LogP contribution in [0.1, 0.15) is 22.2 Å². The number of nitrogens with two attached hydrogens (primary N) is 1. The van der Waals surface area contributed by atoms with Crippen LogP contribution in [0, 0.1) is 6.92 Å². The minimum atomic E-state index is -0.988. The Morgan fingerprint density at radius 3 is 2.56 bits per heavy atom. The summed E-state index contributed by atoms with van der Waals surface area (Å²) in [4.78, 5) is 3.41. The highest BCUT2D eigenvalue weighted by atomic mass is 32.2. The molecule has 0 saturated heterocycles. The van der Waals surface area contributed by atoms with Crippen molar-refractivity contribution in [3.8, 4) is 0 Å². The lowest BCUT2D eigenvalue weighted by Crippen LogP contribution is -1.98. The van der Waals surface area contributed by atoms with Crippen molar-refractivity contribution < 1.29 is 4.21 Å². The summed E-state index contributed by atoms with van der Waals surface area (Å²) in [5.41, 5.74) is 7.43. The summed E-state index contributed by atoms with van der Waals surface area (Å²) in [7, 11) is -0.988. The fraction of sp³-hybridized carbons (Fsp3) is 0.286. The van der Waals surface area contributed by atoms with E-state index in [1.165, 1.54) is 9.75 Å². The number of aryl methyl sites for hydroxylation is 2. The Morgan fingerprint density at radius 1 is 1.22 bits per heavy atom. The van der Waals surface area contributed by atoms with Crippen molar-refractivity contribution in [2.75, 3.05) is 5.73 Å². The lowest BCUT2D eigenvalue weighted by atomic mass is 10.2. The van der Waals surface area contributed by atoms with Crippen molar-refractivity contribution in [3.63, 3.8) is 0 Å². The maximum atomic E-state index is 12.3. The monoisotopic (exact) mass is 279 g/mol. The largest absolute Gasteiger partial charge is 0.399 e. The lowest BCUT2D eigenvalue weighted by molar-refractivity contribution is 0.682. The van der Waals surface area contributed by atoms with Gasteiger partial charge < -0.3 is 5.73 Å². The molecule has 1 heterocycles. The third kappa shape index (κ3) is 3.00. The van der Waals surface area contributed by atoms with Crippen LogP contribution in [0.25, 0.3) is 0 Å². The van der Waals surface area contributed by atoms with Crippen LogP contribution >= 0.6 is 11.3 Å². The first-order chi connectivity index (χ1) is 8.60. The molecular formula is C14H17NOS2. The van der Waals surface area contributed by atoms with Crippen molar-refractivity contribution in [2.24, 2.45) is 0 Å². The number of nitrogen functional groups attached to an aromatic ring is 1. The Morgan fingerprint density at radius 2 is 1.94 bits per heavy atom. The van der Waals surface area contributed by atoms with E-state index in [1.807, 2.05) is 25.1 Å². The van der Waals surface area contributed by atoms with E-state index in [0.717, 1.165) is 22.6 Å². The van der Waals surface area contributed by atoms with Gasteiger partial charge in [-0.25, -0.2) is 0 Å². The lowest BCUT2D eigenvalue weighted by Gasteiger charge is -2.05. The minimum absolute atomic E-state index is 0.593. The summed E-state index contributed by atoms with van der Waals surface area (Å²) in [6, 6.07) is 9.75. The first kappa shape index (κ1) is 13.3. The molecule has 2 aromatic rings. The van der Waals surface area contributed by atoms with Crippen molar-refractivity contribution in [1.29, 1.82) is 0 Å². The average Bonchev–Trinajstić information content (AvgIpc) is 2.76. The van der Waals surface area contributed by atoms with Crippen molar-refractivity contribution in [3.05, 3.63) is 45.6 Å². The first-order valence-electron chi connectivity index (χ1n) is 5.92. The Labute approximate surface area is 114 Å². The van der Waals surface area contributed by atoms with Gasteiger partial charge in [-0.2, -0.15) is 0 Å². The molecule has 0 bridgehead atoms. The molecule has 1 aromatic heterocycles. The molecule has 2 rings (SSSR count). The van der Waals surface area contributed by atoms with Gasteiger partial charge in [-0.15, -0.1) is 11.3 Å². The van der Waals surface area contributed by atoms with Crippen molar-refractivity contribution in [1.82, 2.24) is 0 Å². The molecule has 0 radical (unpaired) electrons. The predicted octanol–water partition coefficient (Wildman–Crippen LogP) is 3.51. The molecule has 18 heavy (non-hydrogen) atoms. The van der Waals surface area contributed by atoms with E-state index in [1.54, 1.807) is 11.3 Å². The molecule has 0 aliphatic rings. The van der Waals surface area contributed by atoms with Crippen LogP contribution < -0.4 is 5.73 Å². The Bertz CT molecular complexity index is 575. The molecule has 1 unspecified atom stereocenters. The molecule has 4 heteroatoms. The van der Waals surface area contributed by atoms with Crippen LogP contribution in [0.5, 0.6) is 0 Å². The highest BCUT2D eigenvalue weighted by Gasteiger charge is 2.10. The maximum Gasteiger partial charge on any atom is 0.0626 e. The van der Waals surface area contributed by atoms with Gasteiger partial charge in [0.05, 0.1) is 16.6 Å². The zero-order chi connectivity index (χ0) is 13.1. The van der Waals surface area contributed by atoms with Gasteiger partial charge in [0.15, 0.2) is 0 Å². The van der Waals surface area contributed by atoms with Gasteiger partial charge in [0.25, 0.3) is 0 Å². The van der Waals surface area contributed by atoms with Crippen molar-refractivity contribution >= 4 is 27.8 Å². The molecule has 2 nitrogen and oxygen atoms in total. The second kappa shape index (κ2) is 5.67. The fourth-order valence-corrected chi connectivity index (χ4v) is 4.28. The van der Waals surface area contributed by atoms with Gasteiger partial charge in [-0.3, -0.25) is 4.21 Å². The van der Waals surface area contributed by atoms with Gasteiger partial charge >= 0.3 is 0 Å². The quantitative estimate of drug-likeness (QED) is 0.870. The van der Waals surface area contributed by atoms with Crippen LogP contribution in [0.3, 0.4) is 0 Å². The summed E-state index contributed by atoms with van der Waals surface area (Å²) < 4.78 is 12.3. The summed E-state index contributed by atoms with van der Waals surface area (Å²) in [5.74, 6) is 0.593. The second-order valence-corrected chi connectivity index (χ2v) is 6.91. The van der Waals surface area contributed by atoms with E-state index < -0.39 is 10.8 Å². The zero-order valence-corrected chi connectivity index (χ0v) is 12.2. The molecule has 1 aromatic carbocycles. The number of hydrogen-bond donors (Lipinski definition) is 1. The van der Waals surface area contributed by atoms with E-state index >= 15 is 0 Å². The topological polar surface area (TPSA) is 43.1 Å². The average molecular weight is 279 g/mol. The molecule has 0 spiro atoms. The van der Waals surface area contributed by atoms with Crippen molar-refractivity contribution in [2.45, 2.75) is 30.9 Å². The molecule has 2 N–H and O–H groups in total. The fourth-order valence-electron chi connectivity index (χ4n) is 1.82. The van der Waals surface area contributed by atoms with Gasteiger partial charge in [0.1, 0.15) is 0 Å². The van der Waals surface area contributed by atoms with Gasteiger partial charge in [0, 0.05) is 20.3 Å². The third-order valence-corrected chi connectivity index (χ3v) is 5.72. The molecular weight excluding hydrogens is 262 g/mol. The molecule has 0 aliphatic carbocycles. The van der Waals surface area contributed by atoms with Crippen LogP contribution in [-0.4, -0.2) is 4.21 Å². The standard InChI is InChI=1S/C14H17NOS2/c1-3-12-5-6-13(17-12)9-18(16)14-7-4-11(15)8-10(14)2/h4-8H,3,9,15H2,1-2H3. The Hall–Kier alpha value is -1.13. The molecule has 0 amide bonds. The van der Waals surface area contributed by atoms with Gasteiger partial charge in [-0.05, 0) is 49.2 Å². The number of rotatable bonds is 4. The maximum absolute atomic E-state index is 12.3. The smallest absolute Gasteiger partial charge is 0.0626 e. The van der Waals surface area contributed by atoms with Crippen LogP contribution in [-0.2, 0) is 23.0 Å². The second-order valence-electron chi connectivity index (χ2n) is 4.24. The first-order valence-corrected chi connectivity index (χ1v) is 8.05. The number of thiophene rings is 1. The van der Waals surface area contributed by atoms with E-state index in [2.05, 4.69) is 19.1 Å². The van der Waals surface area contributed by atoms with E-state index in [-0.39, 0.29) is 0 Å². The summed E-state index contributed by atoms with van der Waals surface area (Å²) in [5, 5.41) is 0. The van der Waals surface area contributed by atoms with Gasteiger partial charge in [0.2, 0.25) is 0 Å². The highest BCUT2D eigenvalue weighted by molar-refractivity contribution is 7.84. The highest BCUT2D eigenvalue weighted by Crippen LogP contribution is 2.23. The zero-order valence-electron chi connectivity index (χ0n) is 10.6. The van der Waals surface area contributed by atoms with Crippen LogP contribution in [0.4, 0.5) is 5.69 Å². The van der Waals surface area contributed by atoms with E-state index in [4.69, 9.17) is 5.73 Å². The number of anilines is 1. The van der Waals surface area contributed by atoms with Gasteiger partial charge in [-0.1, -0.05) is 6.92 Å². The van der Waals surface area contributed by atoms with Crippen LogP contribution in [0.15, 0.2) is 35.2 Å². The number of hydrogen-bond acceptors (Lipinski definition) is 3. The van der Waals surface area contributed by atoms with E-state index in [9.17, 15) is 4.21 Å². The number of benzene rings is 1.